The van der Waals surface area contributed by atoms with Crippen molar-refractivity contribution in [2.75, 3.05) is 17.2 Å². The SMILES string of the molecule is Cc1ccc(NC(=O)CNc2ccccc2C#N)cc1C. The normalized spacial score (nSPS) is 9.76. The Labute approximate surface area is 124 Å². The van der Waals surface area contributed by atoms with Crippen LogP contribution in [0.25, 0.3) is 0 Å². The van der Waals surface area contributed by atoms with Crippen molar-refractivity contribution in [2.45, 2.75) is 13.8 Å². The van der Waals surface area contributed by atoms with Gasteiger partial charge in [-0.3, -0.25) is 4.79 Å². The average Bonchev–Trinajstić information content (AvgIpc) is 2.49. The highest BCUT2D eigenvalue weighted by molar-refractivity contribution is 5.94. The van der Waals surface area contributed by atoms with Gasteiger partial charge in [0.1, 0.15) is 6.07 Å². The summed E-state index contributed by atoms with van der Waals surface area (Å²) in [5.74, 6) is -0.147. The number of nitrogens with zero attached hydrogens (tertiary/aromatic N) is 1. The Hall–Kier alpha value is -2.80. The van der Waals surface area contributed by atoms with Crippen molar-refractivity contribution in [1.82, 2.24) is 0 Å². The summed E-state index contributed by atoms with van der Waals surface area (Å²) in [5, 5.41) is 14.8. The zero-order valence-electron chi connectivity index (χ0n) is 12.1. The topological polar surface area (TPSA) is 64.9 Å². The summed E-state index contributed by atoms with van der Waals surface area (Å²) in [4.78, 5) is 11.9. The molecule has 0 radical (unpaired) electrons. The van der Waals surface area contributed by atoms with E-state index in [-0.39, 0.29) is 12.5 Å². The molecule has 21 heavy (non-hydrogen) atoms. The second kappa shape index (κ2) is 6.58. The number of hydrogen-bond acceptors (Lipinski definition) is 3. The molecular formula is C17H17N3O. The highest BCUT2D eigenvalue weighted by Crippen LogP contribution is 2.15. The van der Waals surface area contributed by atoms with Crippen molar-refractivity contribution in [3.05, 3.63) is 59.2 Å². The number of aryl methyl sites for hydroxylation is 2. The van der Waals surface area contributed by atoms with Gasteiger partial charge in [0.15, 0.2) is 0 Å². The van der Waals surface area contributed by atoms with Crippen LogP contribution in [-0.4, -0.2) is 12.5 Å². The van der Waals surface area contributed by atoms with Crippen LogP contribution in [0.5, 0.6) is 0 Å². The van der Waals surface area contributed by atoms with Crippen LogP contribution in [0.3, 0.4) is 0 Å². The maximum absolute atomic E-state index is 11.9. The summed E-state index contributed by atoms with van der Waals surface area (Å²) in [7, 11) is 0. The Balaban J connectivity index is 1.96. The van der Waals surface area contributed by atoms with Gasteiger partial charge in [-0.2, -0.15) is 5.26 Å². The number of hydrogen-bond donors (Lipinski definition) is 2. The van der Waals surface area contributed by atoms with Crippen molar-refractivity contribution in [3.63, 3.8) is 0 Å². The van der Waals surface area contributed by atoms with Crippen molar-refractivity contribution in [2.24, 2.45) is 0 Å². The lowest BCUT2D eigenvalue weighted by Crippen LogP contribution is -2.22. The third-order valence-electron chi connectivity index (χ3n) is 3.28. The van der Waals surface area contributed by atoms with E-state index in [4.69, 9.17) is 5.26 Å². The first-order chi connectivity index (χ1) is 10.1. The maximum atomic E-state index is 11.9. The van der Waals surface area contributed by atoms with Crippen LogP contribution in [-0.2, 0) is 4.79 Å². The minimum Gasteiger partial charge on any atom is -0.375 e. The zero-order valence-corrected chi connectivity index (χ0v) is 12.1. The predicted molar refractivity (Wildman–Crippen MR) is 84.2 cm³/mol. The number of para-hydroxylation sites is 1. The molecule has 0 aliphatic heterocycles. The van der Waals surface area contributed by atoms with Gasteiger partial charge in [0.2, 0.25) is 5.91 Å². The molecule has 0 aliphatic carbocycles. The molecule has 0 unspecified atom stereocenters. The quantitative estimate of drug-likeness (QED) is 0.903. The first-order valence-corrected chi connectivity index (χ1v) is 6.70. The highest BCUT2D eigenvalue weighted by Gasteiger charge is 2.05. The van der Waals surface area contributed by atoms with Crippen LogP contribution in [0.2, 0.25) is 0 Å². The van der Waals surface area contributed by atoms with Gasteiger partial charge < -0.3 is 10.6 Å². The van der Waals surface area contributed by atoms with Crippen LogP contribution < -0.4 is 10.6 Å². The van der Waals surface area contributed by atoms with Gasteiger partial charge in [0, 0.05) is 5.69 Å². The highest BCUT2D eigenvalue weighted by atomic mass is 16.1. The van der Waals surface area contributed by atoms with E-state index in [2.05, 4.69) is 16.7 Å². The van der Waals surface area contributed by atoms with E-state index in [0.29, 0.717) is 11.3 Å². The molecule has 0 aliphatic rings. The first-order valence-electron chi connectivity index (χ1n) is 6.70. The fraction of sp³-hybridized carbons (Fsp3) is 0.176. The van der Waals surface area contributed by atoms with Gasteiger partial charge in [-0.15, -0.1) is 0 Å². The Bertz CT molecular complexity index is 701. The van der Waals surface area contributed by atoms with E-state index in [0.717, 1.165) is 11.3 Å². The van der Waals surface area contributed by atoms with Gasteiger partial charge in [-0.05, 0) is 49.2 Å². The molecule has 0 aromatic heterocycles. The Kier molecular flexibility index (Phi) is 4.57. The lowest BCUT2D eigenvalue weighted by molar-refractivity contribution is -0.114. The molecular weight excluding hydrogens is 262 g/mol. The molecule has 4 nitrogen and oxygen atoms in total. The lowest BCUT2D eigenvalue weighted by atomic mass is 10.1. The number of anilines is 2. The molecule has 1 amide bonds. The summed E-state index contributed by atoms with van der Waals surface area (Å²) in [6.07, 6.45) is 0. The van der Waals surface area contributed by atoms with Crippen LogP contribution in [0.4, 0.5) is 11.4 Å². The Morgan fingerprint density at radius 2 is 1.90 bits per heavy atom. The van der Waals surface area contributed by atoms with E-state index < -0.39 is 0 Å². The van der Waals surface area contributed by atoms with Crippen LogP contribution >= 0.6 is 0 Å². The van der Waals surface area contributed by atoms with Gasteiger partial charge in [-0.1, -0.05) is 18.2 Å². The number of benzene rings is 2. The van der Waals surface area contributed by atoms with E-state index in [1.807, 2.05) is 38.1 Å². The zero-order chi connectivity index (χ0) is 15.2. The summed E-state index contributed by atoms with van der Waals surface area (Å²) in [5.41, 5.74) is 4.29. The number of amides is 1. The van der Waals surface area contributed by atoms with Crippen molar-refractivity contribution < 1.29 is 4.79 Å². The minimum absolute atomic E-state index is 0.117. The molecule has 0 bridgehead atoms. The maximum Gasteiger partial charge on any atom is 0.243 e. The van der Waals surface area contributed by atoms with Crippen molar-refractivity contribution >= 4 is 17.3 Å². The van der Waals surface area contributed by atoms with E-state index in [1.165, 1.54) is 5.56 Å². The molecule has 0 atom stereocenters. The molecule has 0 fully saturated rings. The fourth-order valence-electron chi connectivity index (χ4n) is 1.93. The largest absolute Gasteiger partial charge is 0.375 e. The second-order valence-corrected chi connectivity index (χ2v) is 4.86. The van der Waals surface area contributed by atoms with Gasteiger partial charge in [0.25, 0.3) is 0 Å². The van der Waals surface area contributed by atoms with Crippen LogP contribution in [0.15, 0.2) is 42.5 Å². The summed E-state index contributed by atoms with van der Waals surface area (Å²) >= 11 is 0. The number of nitriles is 1. The summed E-state index contributed by atoms with van der Waals surface area (Å²) in [6, 6.07) is 15.0. The number of carbonyl (C=O) groups is 1. The van der Waals surface area contributed by atoms with Gasteiger partial charge in [0.05, 0.1) is 17.8 Å². The molecule has 0 saturated carbocycles. The second-order valence-electron chi connectivity index (χ2n) is 4.86. The van der Waals surface area contributed by atoms with Gasteiger partial charge in [-0.25, -0.2) is 0 Å². The van der Waals surface area contributed by atoms with E-state index in [1.54, 1.807) is 18.2 Å². The average molecular weight is 279 g/mol. The standard InChI is InChI=1S/C17H17N3O/c1-12-7-8-15(9-13(12)2)20-17(21)11-19-16-6-4-3-5-14(16)10-18/h3-9,19H,11H2,1-2H3,(H,20,21). The van der Waals surface area contributed by atoms with Crippen LogP contribution in [0.1, 0.15) is 16.7 Å². The van der Waals surface area contributed by atoms with E-state index >= 15 is 0 Å². The number of nitrogens with one attached hydrogen (secondary N) is 2. The summed E-state index contributed by atoms with van der Waals surface area (Å²) < 4.78 is 0. The molecule has 0 heterocycles. The molecule has 0 spiro atoms. The molecule has 2 N–H and O–H groups in total. The third-order valence-corrected chi connectivity index (χ3v) is 3.28. The third kappa shape index (κ3) is 3.83. The van der Waals surface area contributed by atoms with Crippen LogP contribution in [0, 0.1) is 25.2 Å². The fourth-order valence-corrected chi connectivity index (χ4v) is 1.93. The lowest BCUT2D eigenvalue weighted by Gasteiger charge is -2.10. The molecule has 2 rings (SSSR count). The first kappa shape index (κ1) is 14.6. The Morgan fingerprint density at radius 1 is 1.14 bits per heavy atom. The van der Waals surface area contributed by atoms with Crippen molar-refractivity contribution in [1.29, 1.82) is 5.26 Å². The minimum atomic E-state index is -0.147. The smallest absolute Gasteiger partial charge is 0.243 e. The molecule has 0 saturated heterocycles. The molecule has 2 aromatic carbocycles. The monoisotopic (exact) mass is 279 g/mol. The summed E-state index contributed by atoms with van der Waals surface area (Å²) in [6.45, 7) is 4.15. The van der Waals surface area contributed by atoms with Gasteiger partial charge >= 0.3 is 0 Å². The molecule has 4 heteroatoms. The Morgan fingerprint density at radius 3 is 2.62 bits per heavy atom. The predicted octanol–water partition coefficient (Wildman–Crippen LogP) is 3.23. The number of carbonyl (C=O) groups excluding carboxylic acids is 1. The molecule has 2 aromatic rings. The van der Waals surface area contributed by atoms with Crippen molar-refractivity contribution in [3.8, 4) is 6.07 Å². The number of rotatable bonds is 4. The molecule has 106 valence electrons. The van der Waals surface area contributed by atoms with E-state index in [9.17, 15) is 4.79 Å².